The highest BCUT2D eigenvalue weighted by Gasteiger charge is 2.21. The quantitative estimate of drug-likeness (QED) is 0.663. The van der Waals surface area contributed by atoms with Crippen molar-refractivity contribution < 1.29 is 18.0 Å². The van der Waals surface area contributed by atoms with Crippen molar-refractivity contribution in [2.24, 2.45) is 0 Å². The van der Waals surface area contributed by atoms with Crippen LogP contribution in [0, 0.1) is 0 Å². The van der Waals surface area contributed by atoms with E-state index >= 15 is 0 Å². The Kier molecular flexibility index (Phi) is 4.34. The zero-order chi connectivity index (χ0) is 13.9. The van der Waals surface area contributed by atoms with Crippen LogP contribution in [-0.2, 0) is 14.9 Å². The Bertz CT molecular complexity index is 562. The van der Waals surface area contributed by atoms with Gasteiger partial charge in [0.25, 0.3) is 10.0 Å². The molecule has 0 bridgehead atoms. The van der Waals surface area contributed by atoms with Gasteiger partial charge >= 0.3 is 0 Å². The molecule has 1 aromatic carbocycles. The summed E-state index contributed by atoms with van der Waals surface area (Å²) >= 11 is 0. The molecule has 0 saturated heterocycles. The molecule has 0 aromatic heterocycles. The minimum absolute atomic E-state index is 0.0400. The van der Waals surface area contributed by atoms with Crippen LogP contribution in [0.25, 0.3) is 0 Å². The van der Waals surface area contributed by atoms with E-state index in [0.29, 0.717) is 5.56 Å². The largest absolute Gasteiger partial charge is 0.295 e. The molecular weight excluding hydrogens is 266 g/mol. The minimum atomic E-state index is -3.73. The number of Topliss-reactive ketones (excluding diaryl/α,β-unsaturated/α-hetero) is 1. The Hall–Kier alpha value is -1.24. The molecule has 1 aliphatic carbocycles. The lowest BCUT2D eigenvalue weighted by Crippen LogP contribution is -2.28. The second-order valence-corrected chi connectivity index (χ2v) is 6.34. The van der Waals surface area contributed by atoms with Crippen molar-refractivity contribution in [3.63, 3.8) is 0 Å². The van der Waals surface area contributed by atoms with Gasteiger partial charge in [0.1, 0.15) is 0 Å². The van der Waals surface area contributed by atoms with Crippen molar-refractivity contribution in [1.82, 2.24) is 4.89 Å². The van der Waals surface area contributed by atoms with Gasteiger partial charge in [-0.1, -0.05) is 29.9 Å². The zero-order valence-electron chi connectivity index (χ0n) is 10.8. The number of carbonyl (C=O) groups excluding carboxylic acids is 1. The van der Waals surface area contributed by atoms with E-state index in [0.717, 1.165) is 25.7 Å². The lowest BCUT2D eigenvalue weighted by Gasteiger charge is -2.12. The highest BCUT2D eigenvalue weighted by molar-refractivity contribution is 7.89. The fraction of sp³-hybridized carbons (Fsp3) is 0.462. The van der Waals surface area contributed by atoms with E-state index in [2.05, 4.69) is 4.89 Å². The number of carbonyl (C=O) groups is 1. The SMILES string of the molecule is CC(=O)c1cccc(S(=O)(=O)NOC2CCCC2)c1. The number of ketones is 1. The van der Waals surface area contributed by atoms with Crippen LogP contribution in [0.3, 0.4) is 0 Å². The maximum Gasteiger partial charge on any atom is 0.262 e. The van der Waals surface area contributed by atoms with Gasteiger partial charge in [-0.05, 0) is 31.9 Å². The standard InChI is InChI=1S/C13H17NO4S/c1-10(15)11-5-4-8-13(9-11)19(16,17)14-18-12-6-2-3-7-12/h4-5,8-9,12,14H,2-3,6-7H2,1H3. The number of sulfonamides is 1. The van der Waals surface area contributed by atoms with Gasteiger partial charge in [-0.25, -0.2) is 8.42 Å². The molecule has 1 N–H and O–H groups in total. The Labute approximate surface area is 113 Å². The summed E-state index contributed by atoms with van der Waals surface area (Å²) in [6.07, 6.45) is 3.82. The molecule has 1 aliphatic rings. The van der Waals surface area contributed by atoms with Crippen LogP contribution < -0.4 is 4.89 Å². The van der Waals surface area contributed by atoms with Gasteiger partial charge in [-0.3, -0.25) is 9.63 Å². The molecule has 2 rings (SSSR count). The molecule has 19 heavy (non-hydrogen) atoms. The molecule has 1 saturated carbocycles. The van der Waals surface area contributed by atoms with Crippen molar-refractivity contribution in [2.75, 3.05) is 0 Å². The maximum absolute atomic E-state index is 12.0. The highest BCUT2D eigenvalue weighted by atomic mass is 32.2. The lowest BCUT2D eigenvalue weighted by atomic mass is 10.2. The van der Waals surface area contributed by atoms with E-state index in [1.165, 1.54) is 19.1 Å². The molecule has 104 valence electrons. The third-order valence-corrected chi connectivity index (χ3v) is 4.37. The summed E-state index contributed by atoms with van der Waals surface area (Å²) in [5.74, 6) is -0.172. The third kappa shape index (κ3) is 3.62. The van der Waals surface area contributed by atoms with Gasteiger partial charge in [0.2, 0.25) is 0 Å². The molecule has 0 heterocycles. The van der Waals surface area contributed by atoms with E-state index in [1.807, 2.05) is 0 Å². The topological polar surface area (TPSA) is 72.5 Å². The molecule has 5 nitrogen and oxygen atoms in total. The lowest BCUT2D eigenvalue weighted by molar-refractivity contribution is 0.0223. The van der Waals surface area contributed by atoms with Gasteiger partial charge in [-0.2, -0.15) is 0 Å². The van der Waals surface area contributed by atoms with E-state index in [1.54, 1.807) is 12.1 Å². The Morgan fingerprint density at radius 2 is 2.00 bits per heavy atom. The molecular formula is C13H17NO4S. The van der Waals surface area contributed by atoms with Gasteiger partial charge in [0.15, 0.2) is 5.78 Å². The van der Waals surface area contributed by atoms with Crippen LogP contribution in [0.2, 0.25) is 0 Å². The highest BCUT2D eigenvalue weighted by Crippen LogP contribution is 2.21. The van der Waals surface area contributed by atoms with Gasteiger partial charge in [0, 0.05) is 5.56 Å². The number of benzene rings is 1. The van der Waals surface area contributed by atoms with E-state index in [9.17, 15) is 13.2 Å². The summed E-state index contributed by atoms with van der Waals surface area (Å²) in [7, 11) is -3.73. The molecule has 6 heteroatoms. The fourth-order valence-electron chi connectivity index (χ4n) is 2.07. The predicted molar refractivity (Wildman–Crippen MR) is 70.1 cm³/mol. The van der Waals surface area contributed by atoms with E-state index in [-0.39, 0.29) is 16.8 Å². The average Bonchev–Trinajstić information content (AvgIpc) is 2.90. The molecule has 0 unspecified atom stereocenters. The number of hydrogen-bond acceptors (Lipinski definition) is 4. The summed E-state index contributed by atoms with van der Waals surface area (Å²) in [6, 6.07) is 5.91. The second-order valence-electron chi connectivity index (χ2n) is 4.70. The zero-order valence-corrected chi connectivity index (χ0v) is 11.6. The summed E-state index contributed by atoms with van der Waals surface area (Å²) in [4.78, 5) is 18.6. The Morgan fingerprint density at radius 3 is 2.63 bits per heavy atom. The molecule has 1 aromatic rings. The fourth-order valence-corrected chi connectivity index (χ4v) is 2.97. The van der Waals surface area contributed by atoms with Gasteiger partial charge < -0.3 is 0 Å². The van der Waals surface area contributed by atoms with Crippen LogP contribution in [0.5, 0.6) is 0 Å². The smallest absolute Gasteiger partial charge is 0.262 e. The van der Waals surface area contributed by atoms with Crippen LogP contribution in [0.4, 0.5) is 0 Å². The predicted octanol–water partition coefficient (Wildman–Crippen LogP) is 2.04. The second kappa shape index (κ2) is 5.81. The normalized spacial score (nSPS) is 16.7. The molecule has 0 radical (unpaired) electrons. The van der Waals surface area contributed by atoms with Crippen molar-refractivity contribution in [3.05, 3.63) is 29.8 Å². The molecule has 0 spiro atoms. The van der Waals surface area contributed by atoms with E-state index < -0.39 is 10.0 Å². The summed E-state index contributed by atoms with van der Waals surface area (Å²) < 4.78 is 24.0. The monoisotopic (exact) mass is 283 g/mol. The maximum atomic E-state index is 12.0. The molecule has 0 amide bonds. The first-order chi connectivity index (χ1) is 8.99. The van der Waals surface area contributed by atoms with Crippen LogP contribution >= 0.6 is 0 Å². The van der Waals surface area contributed by atoms with Crippen LogP contribution in [0.1, 0.15) is 43.0 Å². The van der Waals surface area contributed by atoms with Crippen LogP contribution in [0.15, 0.2) is 29.2 Å². The third-order valence-electron chi connectivity index (χ3n) is 3.18. The minimum Gasteiger partial charge on any atom is -0.295 e. The number of nitrogens with one attached hydrogen (secondary N) is 1. The van der Waals surface area contributed by atoms with Crippen LogP contribution in [-0.4, -0.2) is 20.3 Å². The first-order valence-electron chi connectivity index (χ1n) is 6.27. The first kappa shape index (κ1) is 14.2. The van der Waals surface area contributed by atoms with Crippen molar-refractivity contribution >= 4 is 15.8 Å². The molecule has 0 atom stereocenters. The Balaban J connectivity index is 2.09. The first-order valence-corrected chi connectivity index (χ1v) is 7.76. The van der Waals surface area contributed by atoms with Crippen molar-refractivity contribution in [1.29, 1.82) is 0 Å². The number of rotatable bonds is 5. The van der Waals surface area contributed by atoms with Crippen molar-refractivity contribution in [3.8, 4) is 0 Å². The van der Waals surface area contributed by atoms with Crippen molar-refractivity contribution in [2.45, 2.75) is 43.6 Å². The molecule has 1 fully saturated rings. The number of hydrogen-bond donors (Lipinski definition) is 1. The van der Waals surface area contributed by atoms with Gasteiger partial charge in [0.05, 0.1) is 11.0 Å². The summed E-state index contributed by atoms with van der Waals surface area (Å²) in [5.41, 5.74) is 0.365. The Morgan fingerprint density at radius 1 is 1.32 bits per heavy atom. The van der Waals surface area contributed by atoms with Gasteiger partial charge in [-0.15, -0.1) is 0 Å². The summed E-state index contributed by atoms with van der Waals surface area (Å²) in [5, 5.41) is 0. The molecule has 0 aliphatic heterocycles. The van der Waals surface area contributed by atoms with E-state index in [4.69, 9.17) is 4.84 Å². The average molecular weight is 283 g/mol. The summed E-state index contributed by atoms with van der Waals surface area (Å²) in [6.45, 7) is 1.40.